The van der Waals surface area contributed by atoms with Crippen molar-refractivity contribution >= 4 is 5.91 Å². The molecule has 0 saturated carbocycles. The van der Waals surface area contributed by atoms with Gasteiger partial charge in [0.05, 0.1) is 13.2 Å². The van der Waals surface area contributed by atoms with Crippen LogP contribution in [0.5, 0.6) is 5.75 Å². The maximum Gasteiger partial charge on any atom is 0.273 e. The number of nitrogens with one attached hydrogen (secondary N) is 1. The predicted molar refractivity (Wildman–Crippen MR) is 66.8 cm³/mol. The maximum absolute atomic E-state index is 11.6. The van der Waals surface area contributed by atoms with E-state index < -0.39 is 12.0 Å². The van der Waals surface area contributed by atoms with Gasteiger partial charge < -0.3 is 19.7 Å². The standard InChI is InChI=1S/C13H14N2O4/c1-18-10-4-2-3-9(7-10)12(16)8-14-13(17)11-5-6-19-15-11/h2-7,12,16H,8H2,1H3,(H,14,17). The topological polar surface area (TPSA) is 84.6 Å². The van der Waals surface area contributed by atoms with Crippen LogP contribution in [0.4, 0.5) is 0 Å². The molecule has 1 amide bonds. The second-order valence-corrected chi connectivity index (χ2v) is 3.89. The van der Waals surface area contributed by atoms with Crippen LogP contribution < -0.4 is 10.1 Å². The molecule has 6 nitrogen and oxygen atoms in total. The summed E-state index contributed by atoms with van der Waals surface area (Å²) in [6.07, 6.45) is 0.499. The van der Waals surface area contributed by atoms with Gasteiger partial charge in [-0.3, -0.25) is 4.79 Å². The molecule has 1 unspecified atom stereocenters. The molecule has 1 aromatic heterocycles. The van der Waals surface area contributed by atoms with Crippen LogP contribution in [0.15, 0.2) is 41.1 Å². The number of carbonyl (C=O) groups excluding carboxylic acids is 1. The van der Waals surface area contributed by atoms with E-state index in [9.17, 15) is 9.90 Å². The number of aromatic nitrogens is 1. The molecule has 0 bridgehead atoms. The summed E-state index contributed by atoms with van der Waals surface area (Å²) in [7, 11) is 1.55. The van der Waals surface area contributed by atoms with Crippen LogP contribution in [0, 0.1) is 0 Å². The molecule has 0 spiro atoms. The summed E-state index contributed by atoms with van der Waals surface area (Å²) in [5.41, 5.74) is 0.845. The Morgan fingerprint density at radius 3 is 3.05 bits per heavy atom. The fourth-order valence-electron chi connectivity index (χ4n) is 1.58. The molecule has 2 rings (SSSR count). The first-order valence-corrected chi connectivity index (χ1v) is 5.71. The van der Waals surface area contributed by atoms with Crippen LogP contribution in [-0.2, 0) is 0 Å². The van der Waals surface area contributed by atoms with Gasteiger partial charge in [0.1, 0.15) is 12.0 Å². The molecule has 6 heteroatoms. The lowest BCUT2D eigenvalue weighted by Gasteiger charge is -2.12. The number of methoxy groups -OCH3 is 1. The first kappa shape index (κ1) is 13.1. The Morgan fingerprint density at radius 1 is 1.53 bits per heavy atom. The number of aliphatic hydroxyl groups excluding tert-OH is 1. The van der Waals surface area contributed by atoms with E-state index in [0.29, 0.717) is 11.3 Å². The number of ether oxygens (including phenoxy) is 1. The molecule has 19 heavy (non-hydrogen) atoms. The summed E-state index contributed by atoms with van der Waals surface area (Å²) >= 11 is 0. The summed E-state index contributed by atoms with van der Waals surface area (Å²) in [4.78, 5) is 11.6. The average Bonchev–Trinajstić information content (AvgIpc) is 2.98. The first-order valence-electron chi connectivity index (χ1n) is 5.71. The van der Waals surface area contributed by atoms with Crippen LogP contribution >= 0.6 is 0 Å². The fraction of sp³-hybridized carbons (Fsp3) is 0.231. The van der Waals surface area contributed by atoms with Crippen molar-refractivity contribution in [2.24, 2.45) is 0 Å². The number of nitrogens with zero attached hydrogens (tertiary/aromatic N) is 1. The molecular weight excluding hydrogens is 248 g/mol. The van der Waals surface area contributed by atoms with E-state index in [1.165, 1.54) is 12.3 Å². The highest BCUT2D eigenvalue weighted by Crippen LogP contribution is 2.18. The molecule has 0 radical (unpaired) electrons. The SMILES string of the molecule is COc1cccc(C(O)CNC(=O)c2ccon2)c1. The lowest BCUT2D eigenvalue weighted by molar-refractivity contribution is 0.0907. The number of rotatable bonds is 5. The minimum atomic E-state index is -0.814. The monoisotopic (exact) mass is 262 g/mol. The number of aliphatic hydroxyl groups is 1. The normalized spacial score (nSPS) is 11.9. The Bertz CT molecular complexity index is 539. The van der Waals surface area contributed by atoms with Gasteiger partial charge in [-0.25, -0.2) is 0 Å². The number of hydrogen-bond acceptors (Lipinski definition) is 5. The van der Waals surface area contributed by atoms with Crippen molar-refractivity contribution in [3.63, 3.8) is 0 Å². The van der Waals surface area contributed by atoms with Crippen LogP contribution in [0.1, 0.15) is 22.2 Å². The molecule has 100 valence electrons. The largest absolute Gasteiger partial charge is 0.497 e. The summed E-state index contributed by atoms with van der Waals surface area (Å²) < 4.78 is 9.64. The van der Waals surface area contributed by atoms with Crippen molar-refractivity contribution in [2.75, 3.05) is 13.7 Å². The summed E-state index contributed by atoms with van der Waals surface area (Å²) in [6, 6.07) is 8.48. The van der Waals surface area contributed by atoms with Gasteiger partial charge >= 0.3 is 0 Å². The van der Waals surface area contributed by atoms with Crippen LogP contribution in [0.3, 0.4) is 0 Å². The Kier molecular flexibility index (Phi) is 4.15. The van der Waals surface area contributed by atoms with Crippen molar-refractivity contribution < 1.29 is 19.2 Å². The fourth-order valence-corrected chi connectivity index (χ4v) is 1.58. The third-order valence-corrected chi connectivity index (χ3v) is 2.60. The van der Waals surface area contributed by atoms with Crippen LogP contribution in [0.2, 0.25) is 0 Å². The van der Waals surface area contributed by atoms with E-state index in [1.807, 2.05) is 0 Å². The van der Waals surface area contributed by atoms with Gasteiger partial charge in [-0.1, -0.05) is 17.3 Å². The van der Waals surface area contributed by atoms with Gasteiger partial charge in [0.2, 0.25) is 0 Å². The highest BCUT2D eigenvalue weighted by atomic mass is 16.5. The number of hydrogen-bond donors (Lipinski definition) is 2. The third kappa shape index (κ3) is 3.32. The van der Waals surface area contributed by atoms with Crippen molar-refractivity contribution in [3.05, 3.63) is 47.9 Å². The molecule has 0 fully saturated rings. The molecule has 1 heterocycles. The quantitative estimate of drug-likeness (QED) is 0.844. The lowest BCUT2D eigenvalue weighted by Crippen LogP contribution is -2.28. The van der Waals surface area contributed by atoms with Gasteiger partial charge in [0.15, 0.2) is 5.69 Å². The van der Waals surface area contributed by atoms with E-state index in [-0.39, 0.29) is 12.2 Å². The number of amides is 1. The van der Waals surface area contributed by atoms with E-state index in [1.54, 1.807) is 31.4 Å². The number of carbonyl (C=O) groups is 1. The molecule has 1 atom stereocenters. The summed E-state index contributed by atoms with van der Waals surface area (Å²) in [5.74, 6) is 0.259. The Hall–Kier alpha value is -2.34. The van der Waals surface area contributed by atoms with Crippen LogP contribution in [0.25, 0.3) is 0 Å². The van der Waals surface area contributed by atoms with Gasteiger partial charge in [0, 0.05) is 12.6 Å². The van der Waals surface area contributed by atoms with Crippen molar-refractivity contribution in [1.82, 2.24) is 10.5 Å². The highest BCUT2D eigenvalue weighted by Gasteiger charge is 2.13. The lowest BCUT2D eigenvalue weighted by atomic mass is 10.1. The number of benzene rings is 1. The van der Waals surface area contributed by atoms with Gasteiger partial charge in [-0.15, -0.1) is 0 Å². The minimum Gasteiger partial charge on any atom is -0.497 e. The summed E-state index contributed by atoms with van der Waals surface area (Å²) in [6.45, 7) is 0.0822. The van der Waals surface area contributed by atoms with Crippen molar-refractivity contribution in [3.8, 4) is 5.75 Å². The van der Waals surface area contributed by atoms with E-state index in [4.69, 9.17) is 4.74 Å². The molecule has 0 aliphatic rings. The van der Waals surface area contributed by atoms with Crippen LogP contribution in [-0.4, -0.2) is 29.8 Å². The zero-order valence-electron chi connectivity index (χ0n) is 10.4. The molecule has 0 aliphatic carbocycles. The van der Waals surface area contributed by atoms with Crippen molar-refractivity contribution in [1.29, 1.82) is 0 Å². The average molecular weight is 262 g/mol. The Morgan fingerprint density at radius 2 is 2.37 bits per heavy atom. The smallest absolute Gasteiger partial charge is 0.273 e. The Labute approximate surface area is 110 Å². The molecule has 1 aromatic carbocycles. The van der Waals surface area contributed by atoms with E-state index >= 15 is 0 Å². The summed E-state index contributed by atoms with van der Waals surface area (Å²) in [5, 5.41) is 16.0. The molecular formula is C13H14N2O4. The first-order chi connectivity index (χ1) is 9.20. The van der Waals surface area contributed by atoms with Gasteiger partial charge in [0.25, 0.3) is 5.91 Å². The molecule has 2 aromatic rings. The van der Waals surface area contributed by atoms with Gasteiger partial charge in [-0.2, -0.15) is 0 Å². The van der Waals surface area contributed by atoms with E-state index in [0.717, 1.165) is 0 Å². The second-order valence-electron chi connectivity index (χ2n) is 3.89. The van der Waals surface area contributed by atoms with Crippen molar-refractivity contribution in [2.45, 2.75) is 6.10 Å². The second kappa shape index (κ2) is 6.01. The Balaban J connectivity index is 1.93. The van der Waals surface area contributed by atoms with Gasteiger partial charge in [-0.05, 0) is 17.7 Å². The zero-order chi connectivity index (χ0) is 13.7. The maximum atomic E-state index is 11.6. The predicted octanol–water partition coefficient (Wildman–Crippen LogP) is 1.15. The minimum absolute atomic E-state index is 0.0822. The zero-order valence-corrected chi connectivity index (χ0v) is 10.4. The molecule has 0 saturated heterocycles. The highest BCUT2D eigenvalue weighted by molar-refractivity contribution is 5.91. The molecule has 0 aliphatic heterocycles. The third-order valence-electron chi connectivity index (χ3n) is 2.60. The molecule has 2 N–H and O–H groups in total. The van der Waals surface area contributed by atoms with E-state index in [2.05, 4.69) is 15.0 Å².